The molecule has 1 saturated heterocycles. The molecule has 104 valence electrons. The van der Waals surface area contributed by atoms with E-state index in [9.17, 15) is 0 Å². The Kier molecular flexibility index (Phi) is 3.87. The first kappa shape index (κ1) is 13.0. The van der Waals surface area contributed by atoms with E-state index in [1.54, 1.807) is 6.20 Å². The van der Waals surface area contributed by atoms with E-state index < -0.39 is 0 Å². The molecule has 20 heavy (non-hydrogen) atoms. The number of rotatable bonds is 4. The number of nitrogens with zero attached hydrogens (tertiary/aromatic N) is 4. The highest BCUT2D eigenvalue weighted by atomic mass is 15.2. The van der Waals surface area contributed by atoms with E-state index in [0.29, 0.717) is 5.92 Å². The van der Waals surface area contributed by atoms with E-state index in [1.165, 1.54) is 6.42 Å². The van der Waals surface area contributed by atoms with Crippen LogP contribution in [-0.2, 0) is 0 Å². The topological polar surface area (TPSA) is 53.9 Å². The van der Waals surface area contributed by atoms with E-state index in [2.05, 4.69) is 32.2 Å². The van der Waals surface area contributed by atoms with Crippen LogP contribution >= 0.6 is 0 Å². The van der Waals surface area contributed by atoms with Gasteiger partial charge in [-0.3, -0.25) is 4.98 Å². The van der Waals surface area contributed by atoms with Gasteiger partial charge in [-0.25, -0.2) is 9.97 Å². The van der Waals surface area contributed by atoms with Gasteiger partial charge in [-0.05, 0) is 31.5 Å². The van der Waals surface area contributed by atoms with Crippen molar-refractivity contribution in [2.45, 2.75) is 6.42 Å². The zero-order valence-corrected chi connectivity index (χ0v) is 11.7. The molecule has 2 aromatic rings. The second-order valence-corrected chi connectivity index (χ2v) is 5.25. The molecule has 3 heterocycles. The first-order valence-corrected chi connectivity index (χ1v) is 6.97. The number of nitrogens with one attached hydrogen (secondary N) is 1. The average molecular weight is 269 g/mol. The third kappa shape index (κ3) is 2.93. The lowest BCUT2D eigenvalue weighted by molar-refractivity contribution is 0.573. The minimum Gasteiger partial charge on any atom is -0.344 e. The summed E-state index contributed by atoms with van der Waals surface area (Å²) in [5.41, 5.74) is 2.04. The molecule has 0 saturated carbocycles. The molecule has 1 unspecified atom stereocenters. The quantitative estimate of drug-likeness (QED) is 0.913. The molecule has 0 aromatic carbocycles. The van der Waals surface area contributed by atoms with E-state index >= 15 is 0 Å². The summed E-state index contributed by atoms with van der Waals surface area (Å²) in [6.07, 6.45) is 8.55. The third-order valence-corrected chi connectivity index (χ3v) is 3.67. The Morgan fingerprint density at radius 3 is 2.75 bits per heavy atom. The summed E-state index contributed by atoms with van der Waals surface area (Å²) < 4.78 is 0. The second-order valence-electron chi connectivity index (χ2n) is 5.25. The van der Waals surface area contributed by atoms with Crippen molar-refractivity contribution in [3.05, 3.63) is 36.9 Å². The lowest BCUT2D eigenvalue weighted by Gasteiger charge is -2.20. The summed E-state index contributed by atoms with van der Waals surface area (Å²) in [4.78, 5) is 15.2. The Labute approximate surface area is 119 Å². The average Bonchev–Trinajstić information content (AvgIpc) is 3.01. The van der Waals surface area contributed by atoms with Gasteiger partial charge < -0.3 is 10.2 Å². The van der Waals surface area contributed by atoms with Gasteiger partial charge in [-0.1, -0.05) is 6.07 Å². The number of pyridine rings is 1. The van der Waals surface area contributed by atoms with Gasteiger partial charge in [0.25, 0.3) is 0 Å². The highest BCUT2D eigenvalue weighted by Gasteiger charge is 2.17. The van der Waals surface area contributed by atoms with Gasteiger partial charge >= 0.3 is 0 Å². The molecule has 1 fully saturated rings. The zero-order valence-electron chi connectivity index (χ0n) is 11.7. The molecule has 1 atom stereocenters. The van der Waals surface area contributed by atoms with E-state index in [0.717, 1.165) is 36.7 Å². The van der Waals surface area contributed by atoms with Crippen molar-refractivity contribution in [2.75, 3.05) is 31.6 Å². The van der Waals surface area contributed by atoms with Crippen LogP contribution in [-0.4, -0.2) is 41.6 Å². The van der Waals surface area contributed by atoms with Crippen LogP contribution in [0.15, 0.2) is 36.9 Å². The summed E-state index contributed by atoms with van der Waals surface area (Å²) >= 11 is 0. The molecule has 0 bridgehead atoms. The Morgan fingerprint density at radius 2 is 2.10 bits per heavy atom. The van der Waals surface area contributed by atoms with Crippen molar-refractivity contribution in [3.8, 4) is 11.1 Å². The van der Waals surface area contributed by atoms with Crippen molar-refractivity contribution in [1.82, 2.24) is 20.3 Å². The maximum Gasteiger partial charge on any atom is 0.225 e. The largest absolute Gasteiger partial charge is 0.344 e. The second kappa shape index (κ2) is 5.96. The normalized spacial score (nSPS) is 18.1. The van der Waals surface area contributed by atoms with Crippen molar-refractivity contribution in [3.63, 3.8) is 0 Å². The summed E-state index contributed by atoms with van der Waals surface area (Å²) in [5.74, 6) is 1.48. The molecular weight excluding hydrogens is 250 g/mol. The lowest BCUT2D eigenvalue weighted by atomic mass is 10.1. The maximum atomic E-state index is 4.46. The number of anilines is 1. The van der Waals surface area contributed by atoms with E-state index in [1.807, 2.05) is 30.7 Å². The molecule has 3 rings (SSSR count). The molecule has 1 aliphatic rings. The van der Waals surface area contributed by atoms with Gasteiger partial charge in [-0.15, -0.1) is 0 Å². The molecule has 0 amide bonds. The maximum absolute atomic E-state index is 4.46. The van der Waals surface area contributed by atoms with Gasteiger partial charge in [0.05, 0.1) is 0 Å². The summed E-state index contributed by atoms with van der Waals surface area (Å²) in [7, 11) is 2.05. The van der Waals surface area contributed by atoms with Crippen LogP contribution in [0.3, 0.4) is 0 Å². The first-order valence-electron chi connectivity index (χ1n) is 6.97. The van der Waals surface area contributed by atoms with Gasteiger partial charge in [0.1, 0.15) is 0 Å². The van der Waals surface area contributed by atoms with E-state index in [4.69, 9.17) is 0 Å². The predicted molar refractivity (Wildman–Crippen MR) is 79.5 cm³/mol. The number of hydrogen-bond acceptors (Lipinski definition) is 5. The summed E-state index contributed by atoms with van der Waals surface area (Å²) in [6, 6.07) is 3.93. The Balaban J connectivity index is 1.69. The van der Waals surface area contributed by atoms with Crippen LogP contribution in [0.25, 0.3) is 11.1 Å². The first-order chi connectivity index (χ1) is 9.83. The van der Waals surface area contributed by atoms with Crippen molar-refractivity contribution in [1.29, 1.82) is 0 Å². The summed E-state index contributed by atoms with van der Waals surface area (Å²) in [5, 5.41) is 3.39. The molecule has 0 spiro atoms. The van der Waals surface area contributed by atoms with Crippen LogP contribution in [0.5, 0.6) is 0 Å². The lowest BCUT2D eigenvalue weighted by Crippen LogP contribution is -2.28. The minimum atomic E-state index is 0.696. The van der Waals surface area contributed by atoms with Crippen LogP contribution < -0.4 is 10.2 Å². The van der Waals surface area contributed by atoms with Gasteiger partial charge in [0.2, 0.25) is 5.95 Å². The predicted octanol–water partition coefficient (Wildman–Crippen LogP) is 1.58. The fraction of sp³-hybridized carbons (Fsp3) is 0.400. The van der Waals surface area contributed by atoms with Gasteiger partial charge in [0.15, 0.2) is 0 Å². The fourth-order valence-corrected chi connectivity index (χ4v) is 2.54. The SMILES string of the molecule is CN(CC1CCNC1)c1ncc(-c2cccnc2)cn1. The molecule has 5 heteroatoms. The molecule has 1 N–H and O–H groups in total. The molecule has 0 aliphatic carbocycles. The zero-order chi connectivity index (χ0) is 13.8. The molecule has 0 radical (unpaired) electrons. The van der Waals surface area contributed by atoms with Gasteiger partial charge in [0, 0.05) is 49.5 Å². The van der Waals surface area contributed by atoms with E-state index in [-0.39, 0.29) is 0 Å². The van der Waals surface area contributed by atoms with Crippen LogP contribution in [0.2, 0.25) is 0 Å². The Bertz CT molecular complexity index is 534. The fourth-order valence-electron chi connectivity index (χ4n) is 2.54. The monoisotopic (exact) mass is 269 g/mol. The van der Waals surface area contributed by atoms with Crippen LogP contribution in [0, 0.1) is 5.92 Å². The standard InChI is InChI=1S/C15H19N5/c1-20(11-12-4-6-17-7-12)15-18-9-14(10-19-15)13-3-2-5-16-8-13/h2-3,5,8-10,12,17H,4,6-7,11H2,1H3. The van der Waals surface area contributed by atoms with Crippen LogP contribution in [0.4, 0.5) is 5.95 Å². The van der Waals surface area contributed by atoms with Crippen molar-refractivity contribution < 1.29 is 0 Å². The summed E-state index contributed by atoms with van der Waals surface area (Å²) in [6.45, 7) is 3.22. The van der Waals surface area contributed by atoms with Crippen molar-refractivity contribution in [2.24, 2.45) is 5.92 Å². The highest BCUT2D eigenvalue weighted by Crippen LogP contribution is 2.18. The highest BCUT2D eigenvalue weighted by molar-refractivity contribution is 5.60. The number of aromatic nitrogens is 3. The smallest absolute Gasteiger partial charge is 0.225 e. The molecular formula is C15H19N5. The Morgan fingerprint density at radius 1 is 1.25 bits per heavy atom. The minimum absolute atomic E-state index is 0.696. The van der Waals surface area contributed by atoms with Crippen LogP contribution in [0.1, 0.15) is 6.42 Å². The molecule has 2 aromatic heterocycles. The molecule has 1 aliphatic heterocycles. The number of hydrogen-bond donors (Lipinski definition) is 1. The van der Waals surface area contributed by atoms with Crippen molar-refractivity contribution >= 4 is 5.95 Å². The third-order valence-electron chi connectivity index (χ3n) is 3.67. The Hall–Kier alpha value is -2.01. The van der Waals surface area contributed by atoms with Gasteiger partial charge in [-0.2, -0.15) is 0 Å². The molecule has 5 nitrogen and oxygen atoms in total.